The zero-order chi connectivity index (χ0) is 33.0. The standard InChI is InChI=1S/C33H31ClFN5O6/c1-16-19(6-5-7-23(16)36-29(41)21-15-38(2)33(45)39(3)31(21)42)27-22(35)10-9-20(28(27)34)24-12-17-8-11-25(26(17)30(37-24)46-4)40-13-18(14-40)32(43)44/h5-7,9-10,12,15,18,25H,8,11,13-14H2,1-4H3,(H,36,41)(H,43,44). The van der Waals surface area contributed by atoms with E-state index in [0.717, 1.165) is 33.1 Å². The van der Waals surface area contributed by atoms with Crippen molar-refractivity contribution in [2.24, 2.45) is 20.0 Å². The maximum Gasteiger partial charge on any atom is 0.330 e. The molecule has 1 aliphatic heterocycles. The second kappa shape index (κ2) is 11.8. The predicted molar refractivity (Wildman–Crippen MR) is 170 cm³/mol. The Balaban J connectivity index is 1.35. The normalized spacial score (nSPS) is 16.2. The van der Waals surface area contributed by atoms with Crippen molar-refractivity contribution in [2.45, 2.75) is 25.8 Å². The number of ether oxygens (including phenoxy) is 1. The summed E-state index contributed by atoms with van der Waals surface area (Å²) < 4.78 is 23.2. The molecule has 1 atom stereocenters. The van der Waals surface area contributed by atoms with Crippen LogP contribution in [0.15, 0.2) is 52.2 Å². The van der Waals surface area contributed by atoms with E-state index in [4.69, 9.17) is 21.3 Å². The molecule has 1 aliphatic carbocycles. The highest BCUT2D eigenvalue weighted by molar-refractivity contribution is 6.36. The van der Waals surface area contributed by atoms with E-state index in [1.165, 1.54) is 33.5 Å². The van der Waals surface area contributed by atoms with Crippen molar-refractivity contribution in [3.63, 3.8) is 0 Å². The molecule has 3 heterocycles. The molecule has 238 valence electrons. The largest absolute Gasteiger partial charge is 0.481 e. The lowest BCUT2D eigenvalue weighted by atomic mass is 9.94. The number of benzene rings is 2. The molecule has 2 aromatic heterocycles. The second-order valence-corrected chi connectivity index (χ2v) is 12.0. The molecular formula is C33H31ClFN5O6. The summed E-state index contributed by atoms with van der Waals surface area (Å²) in [7, 11) is 4.26. The third-order valence-corrected chi connectivity index (χ3v) is 9.32. The molecule has 46 heavy (non-hydrogen) atoms. The third-order valence-electron chi connectivity index (χ3n) is 8.93. The van der Waals surface area contributed by atoms with E-state index in [0.29, 0.717) is 47.0 Å². The number of carboxylic acid groups (broad SMARTS) is 1. The van der Waals surface area contributed by atoms with Gasteiger partial charge in [-0.05, 0) is 60.7 Å². The minimum absolute atomic E-state index is 0.00269. The molecule has 1 unspecified atom stereocenters. The number of hydrogen-bond donors (Lipinski definition) is 2. The molecular weight excluding hydrogens is 617 g/mol. The van der Waals surface area contributed by atoms with Crippen molar-refractivity contribution in [3.05, 3.63) is 96.5 Å². The van der Waals surface area contributed by atoms with Crippen LogP contribution in [0.3, 0.4) is 0 Å². The Morgan fingerprint density at radius 2 is 1.87 bits per heavy atom. The average molecular weight is 648 g/mol. The van der Waals surface area contributed by atoms with Crippen LogP contribution in [0.5, 0.6) is 5.88 Å². The number of carbonyl (C=O) groups is 2. The molecule has 0 bridgehead atoms. The number of aryl methyl sites for hydroxylation is 2. The fourth-order valence-corrected chi connectivity index (χ4v) is 6.71. The van der Waals surface area contributed by atoms with E-state index in [2.05, 4.69) is 10.2 Å². The van der Waals surface area contributed by atoms with Crippen LogP contribution in [0.2, 0.25) is 5.02 Å². The molecule has 0 spiro atoms. The number of hydrogen-bond acceptors (Lipinski definition) is 7. The van der Waals surface area contributed by atoms with Gasteiger partial charge in [-0.1, -0.05) is 23.7 Å². The number of aromatic nitrogens is 3. The average Bonchev–Trinajstić information content (AvgIpc) is 3.41. The smallest absolute Gasteiger partial charge is 0.330 e. The van der Waals surface area contributed by atoms with E-state index in [9.17, 15) is 24.3 Å². The number of rotatable bonds is 7. The van der Waals surface area contributed by atoms with Crippen LogP contribution in [0.25, 0.3) is 22.4 Å². The van der Waals surface area contributed by atoms with Gasteiger partial charge in [0.25, 0.3) is 11.5 Å². The highest BCUT2D eigenvalue weighted by Crippen LogP contribution is 2.46. The number of carboxylic acids is 1. The fraction of sp³-hybridized carbons (Fsp3) is 0.303. The van der Waals surface area contributed by atoms with Crippen molar-refractivity contribution in [1.82, 2.24) is 19.0 Å². The maximum atomic E-state index is 15.5. The third kappa shape index (κ3) is 5.17. The Morgan fingerprint density at radius 1 is 1.13 bits per heavy atom. The SMILES string of the molecule is COc1nc(-c2ccc(F)c(-c3cccc(NC(=O)c4cn(C)c(=O)n(C)c4=O)c3C)c2Cl)cc2c1C(N1CC(C(=O)O)C1)CC2. The first-order valence-corrected chi connectivity index (χ1v) is 15.0. The summed E-state index contributed by atoms with van der Waals surface area (Å²) in [6, 6.07) is 9.74. The van der Waals surface area contributed by atoms with Crippen LogP contribution in [0.4, 0.5) is 10.1 Å². The van der Waals surface area contributed by atoms with Gasteiger partial charge in [0.1, 0.15) is 11.4 Å². The summed E-state index contributed by atoms with van der Waals surface area (Å²) in [6.45, 7) is 2.64. The van der Waals surface area contributed by atoms with Crippen LogP contribution < -0.4 is 21.3 Å². The molecule has 1 fully saturated rings. The van der Waals surface area contributed by atoms with Gasteiger partial charge >= 0.3 is 11.7 Å². The maximum absolute atomic E-state index is 15.5. The molecule has 0 saturated carbocycles. The molecule has 11 nitrogen and oxygen atoms in total. The molecule has 1 saturated heterocycles. The summed E-state index contributed by atoms with van der Waals surface area (Å²) in [5, 5.41) is 12.1. The molecule has 1 amide bonds. The van der Waals surface area contributed by atoms with Gasteiger partial charge in [-0.2, -0.15) is 0 Å². The first-order valence-electron chi connectivity index (χ1n) is 14.6. The number of halogens is 2. The molecule has 2 aliphatic rings. The number of likely N-dealkylation sites (tertiary alicyclic amines) is 1. The van der Waals surface area contributed by atoms with Gasteiger partial charge in [0.15, 0.2) is 0 Å². The first-order chi connectivity index (χ1) is 21.9. The number of carbonyl (C=O) groups excluding carboxylic acids is 1. The summed E-state index contributed by atoms with van der Waals surface area (Å²) >= 11 is 6.93. The zero-order valence-corrected chi connectivity index (χ0v) is 26.3. The van der Waals surface area contributed by atoms with Crippen molar-refractivity contribution < 1.29 is 23.8 Å². The molecule has 2 N–H and O–H groups in total. The monoisotopic (exact) mass is 647 g/mol. The van der Waals surface area contributed by atoms with Gasteiger partial charge in [-0.25, -0.2) is 14.2 Å². The number of fused-ring (bicyclic) bond motifs is 1. The number of anilines is 1. The van der Waals surface area contributed by atoms with Gasteiger partial charge < -0.3 is 19.7 Å². The van der Waals surface area contributed by atoms with Gasteiger partial charge in [0.2, 0.25) is 5.88 Å². The summed E-state index contributed by atoms with van der Waals surface area (Å²) in [5.74, 6) is -2.06. The highest BCUT2D eigenvalue weighted by atomic mass is 35.5. The molecule has 0 radical (unpaired) electrons. The minimum Gasteiger partial charge on any atom is -0.481 e. The van der Waals surface area contributed by atoms with Crippen molar-refractivity contribution in [2.75, 3.05) is 25.5 Å². The topological polar surface area (TPSA) is 136 Å². The lowest BCUT2D eigenvalue weighted by Crippen LogP contribution is -2.51. The molecule has 4 aromatic rings. The Kier molecular flexibility index (Phi) is 8.03. The number of amides is 1. The lowest BCUT2D eigenvalue weighted by Gasteiger charge is -2.41. The van der Waals surface area contributed by atoms with Crippen LogP contribution >= 0.6 is 11.6 Å². The number of pyridine rings is 1. The van der Waals surface area contributed by atoms with Crippen molar-refractivity contribution in [3.8, 4) is 28.3 Å². The quantitative estimate of drug-likeness (QED) is 0.305. The molecule has 13 heteroatoms. The van der Waals surface area contributed by atoms with Crippen LogP contribution in [-0.4, -0.2) is 56.2 Å². The summed E-state index contributed by atoms with van der Waals surface area (Å²) in [6.07, 6.45) is 2.72. The van der Waals surface area contributed by atoms with E-state index < -0.39 is 28.9 Å². The fourth-order valence-electron chi connectivity index (χ4n) is 6.36. The number of nitrogens with zero attached hydrogens (tertiary/aromatic N) is 4. The van der Waals surface area contributed by atoms with Crippen LogP contribution in [-0.2, 0) is 25.3 Å². The highest BCUT2D eigenvalue weighted by Gasteiger charge is 2.41. The second-order valence-electron chi connectivity index (χ2n) is 11.6. The zero-order valence-electron chi connectivity index (χ0n) is 25.6. The van der Waals surface area contributed by atoms with Crippen LogP contribution in [0.1, 0.15) is 39.5 Å². The van der Waals surface area contributed by atoms with Gasteiger partial charge in [-0.3, -0.25) is 23.9 Å². The Morgan fingerprint density at radius 3 is 2.57 bits per heavy atom. The lowest BCUT2D eigenvalue weighted by molar-refractivity contribution is -0.148. The Hall–Kier alpha value is -4.81. The van der Waals surface area contributed by atoms with Gasteiger partial charge in [0, 0.05) is 61.8 Å². The Bertz CT molecular complexity index is 2050. The van der Waals surface area contributed by atoms with E-state index in [-0.39, 0.29) is 28.1 Å². The predicted octanol–water partition coefficient (Wildman–Crippen LogP) is 4.18. The summed E-state index contributed by atoms with van der Waals surface area (Å²) in [5.41, 5.74) is 2.78. The first kappa shape index (κ1) is 31.2. The Labute approximate surface area is 267 Å². The number of aliphatic carboxylic acids is 1. The number of methoxy groups -OCH3 is 1. The van der Waals surface area contributed by atoms with E-state index in [1.807, 2.05) is 6.07 Å². The van der Waals surface area contributed by atoms with Crippen molar-refractivity contribution >= 4 is 29.2 Å². The molecule has 6 rings (SSSR count). The van der Waals surface area contributed by atoms with Gasteiger partial charge in [0.05, 0.1) is 23.7 Å². The summed E-state index contributed by atoms with van der Waals surface area (Å²) in [4.78, 5) is 56.0. The van der Waals surface area contributed by atoms with E-state index in [1.54, 1.807) is 31.2 Å². The number of nitrogens with one attached hydrogen (secondary N) is 1. The molecule has 2 aromatic carbocycles. The van der Waals surface area contributed by atoms with Crippen LogP contribution in [0, 0.1) is 18.7 Å². The van der Waals surface area contributed by atoms with Crippen molar-refractivity contribution in [1.29, 1.82) is 0 Å². The van der Waals surface area contributed by atoms with Gasteiger partial charge in [-0.15, -0.1) is 0 Å². The van der Waals surface area contributed by atoms with E-state index >= 15 is 4.39 Å². The minimum atomic E-state index is -0.796.